The van der Waals surface area contributed by atoms with Crippen LogP contribution in [0.2, 0.25) is 0 Å². The first-order valence-corrected chi connectivity index (χ1v) is 7.39. The summed E-state index contributed by atoms with van der Waals surface area (Å²) in [5.74, 6) is -0.698. The van der Waals surface area contributed by atoms with E-state index in [-0.39, 0.29) is 11.1 Å². The number of carbonyl (C=O) groups is 2. The number of hydrogen-bond donors (Lipinski definition) is 1. The van der Waals surface area contributed by atoms with Crippen LogP contribution in [-0.4, -0.2) is 38.4 Å². The van der Waals surface area contributed by atoms with Crippen molar-refractivity contribution in [1.29, 1.82) is 10.5 Å². The monoisotopic (exact) mass is 368 g/mol. The van der Waals surface area contributed by atoms with E-state index in [2.05, 4.69) is 4.74 Å². The summed E-state index contributed by atoms with van der Waals surface area (Å²) in [7, 11) is 4.18. The molecule has 0 bridgehead atoms. The second kappa shape index (κ2) is 10.1. The van der Waals surface area contributed by atoms with Crippen LogP contribution in [0.4, 0.5) is 0 Å². The van der Waals surface area contributed by atoms with E-state index in [1.165, 1.54) is 45.6 Å². The van der Waals surface area contributed by atoms with Crippen molar-refractivity contribution in [3.8, 4) is 23.6 Å². The number of nitriles is 2. The number of carboxylic acid groups (broad SMARTS) is 1. The van der Waals surface area contributed by atoms with Gasteiger partial charge in [0.05, 0.1) is 43.6 Å². The first-order valence-electron chi connectivity index (χ1n) is 7.39. The zero-order chi connectivity index (χ0) is 20.4. The Morgan fingerprint density at radius 2 is 1.30 bits per heavy atom. The summed E-state index contributed by atoms with van der Waals surface area (Å²) in [6, 6.07) is 12.5. The molecule has 0 spiro atoms. The van der Waals surface area contributed by atoms with Gasteiger partial charge in [0.25, 0.3) is 0 Å². The van der Waals surface area contributed by atoms with E-state index < -0.39 is 11.9 Å². The number of benzene rings is 2. The number of ether oxygens (including phenoxy) is 3. The van der Waals surface area contributed by atoms with Gasteiger partial charge in [-0.3, -0.25) is 0 Å². The minimum absolute atomic E-state index is 0.0809. The highest BCUT2D eigenvalue weighted by Gasteiger charge is 2.09. The molecule has 0 amide bonds. The normalized spacial score (nSPS) is 8.93. The van der Waals surface area contributed by atoms with Crippen LogP contribution < -0.4 is 9.47 Å². The molecule has 0 aliphatic carbocycles. The van der Waals surface area contributed by atoms with Gasteiger partial charge in [0, 0.05) is 0 Å². The Bertz CT molecular complexity index is 925. The Balaban J connectivity index is 0.000000271. The molecule has 2 rings (SSSR count). The standard InChI is InChI=1S/C10H9NO3.C9H7NO3/c1-13-9-4-3-7(10(12)14-2)5-8(9)6-11;1-13-8-3-2-6(9(11)12)4-7(8)5-10/h3-5H,1-2H3;2-4H,1H3,(H,11,12). The lowest BCUT2D eigenvalue weighted by atomic mass is 10.1. The quantitative estimate of drug-likeness (QED) is 0.815. The van der Waals surface area contributed by atoms with E-state index >= 15 is 0 Å². The lowest BCUT2D eigenvalue weighted by molar-refractivity contribution is 0.0599. The minimum Gasteiger partial charge on any atom is -0.495 e. The van der Waals surface area contributed by atoms with E-state index in [9.17, 15) is 9.59 Å². The summed E-state index contributed by atoms with van der Waals surface area (Å²) in [5.41, 5.74) is 0.958. The van der Waals surface area contributed by atoms with E-state index in [4.69, 9.17) is 25.1 Å². The highest BCUT2D eigenvalue weighted by molar-refractivity contribution is 5.90. The zero-order valence-corrected chi connectivity index (χ0v) is 14.8. The van der Waals surface area contributed by atoms with Gasteiger partial charge in [-0.1, -0.05) is 0 Å². The van der Waals surface area contributed by atoms with Crippen LogP contribution in [0.25, 0.3) is 0 Å². The van der Waals surface area contributed by atoms with Crippen molar-refractivity contribution in [3.63, 3.8) is 0 Å². The lowest BCUT2D eigenvalue weighted by Gasteiger charge is -2.03. The Labute approximate surface area is 155 Å². The predicted octanol–water partition coefficient (Wildman–Crippen LogP) is 2.62. The van der Waals surface area contributed by atoms with Gasteiger partial charge >= 0.3 is 11.9 Å². The summed E-state index contributed by atoms with van der Waals surface area (Å²) in [6.45, 7) is 0. The number of nitrogens with zero attached hydrogens (tertiary/aromatic N) is 2. The molecule has 2 aromatic carbocycles. The van der Waals surface area contributed by atoms with Gasteiger partial charge in [0.2, 0.25) is 0 Å². The van der Waals surface area contributed by atoms with Gasteiger partial charge in [-0.25, -0.2) is 9.59 Å². The van der Waals surface area contributed by atoms with Crippen molar-refractivity contribution < 1.29 is 28.9 Å². The van der Waals surface area contributed by atoms with Crippen LogP contribution in [0.3, 0.4) is 0 Å². The third kappa shape index (κ3) is 5.48. The van der Waals surface area contributed by atoms with Crippen LogP contribution in [-0.2, 0) is 4.74 Å². The Morgan fingerprint density at radius 3 is 1.67 bits per heavy atom. The number of carbonyl (C=O) groups excluding carboxylic acids is 1. The predicted molar refractivity (Wildman–Crippen MR) is 93.7 cm³/mol. The second-order valence-corrected chi connectivity index (χ2v) is 4.85. The second-order valence-electron chi connectivity index (χ2n) is 4.85. The number of rotatable bonds is 4. The molecule has 0 atom stereocenters. The van der Waals surface area contributed by atoms with Crippen LogP contribution in [0.5, 0.6) is 11.5 Å². The van der Waals surface area contributed by atoms with Crippen molar-refractivity contribution in [1.82, 2.24) is 0 Å². The summed E-state index contributed by atoms with van der Waals surface area (Å²) < 4.78 is 14.3. The third-order valence-electron chi connectivity index (χ3n) is 3.31. The molecule has 27 heavy (non-hydrogen) atoms. The van der Waals surface area contributed by atoms with E-state index in [1.807, 2.05) is 12.1 Å². The highest BCUT2D eigenvalue weighted by Crippen LogP contribution is 2.19. The van der Waals surface area contributed by atoms with Crippen molar-refractivity contribution in [2.75, 3.05) is 21.3 Å². The van der Waals surface area contributed by atoms with Crippen LogP contribution >= 0.6 is 0 Å². The van der Waals surface area contributed by atoms with E-state index in [1.54, 1.807) is 12.1 Å². The number of methoxy groups -OCH3 is 3. The summed E-state index contributed by atoms with van der Waals surface area (Å²) in [4.78, 5) is 21.6. The van der Waals surface area contributed by atoms with Crippen molar-refractivity contribution >= 4 is 11.9 Å². The largest absolute Gasteiger partial charge is 0.495 e. The molecule has 0 radical (unpaired) electrons. The van der Waals surface area contributed by atoms with Gasteiger partial charge in [0.1, 0.15) is 23.6 Å². The Morgan fingerprint density at radius 1 is 0.852 bits per heavy atom. The summed E-state index contributed by atoms with van der Waals surface area (Å²) in [5, 5.41) is 26.0. The molecular formula is C19H16N2O6. The molecule has 0 heterocycles. The molecule has 0 saturated heterocycles. The maximum Gasteiger partial charge on any atom is 0.337 e. The smallest absolute Gasteiger partial charge is 0.337 e. The summed E-state index contributed by atoms with van der Waals surface area (Å²) in [6.07, 6.45) is 0. The lowest BCUT2D eigenvalue weighted by Crippen LogP contribution is -2.01. The maximum absolute atomic E-state index is 11.1. The van der Waals surface area contributed by atoms with Crippen LogP contribution in [0.15, 0.2) is 36.4 Å². The molecule has 8 nitrogen and oxygen atoms in total. The average Bonchev–Trinajstić information content (AvgIpc) is 2.72. The van der Waals surface area contributed by atoms with Crippen molar-refractivity contribution in [2.45, 2.75) is 0 Å². The molecule has 2 aromatic rings. The van der Waals surface area contributed by atoms with E-state index in [0.29, 0.717) is 22.6 Å². The van der Waals surface area contributed by atoms with Gasteiger partial charge in [-0.05, 0) is 36.4 Å². The SMILES string of the molecule is COC(=O)c1ccc(OC)c(C#N)c1.COc1ccc(C(=O)O)cc1C#N. The van der Waals surface area contributed by atoms with Crippen LogP contribution in [0.1, 0.15) is 31.8 Å². The highest BCUT2D eigenvalue weighted by atomic mass is 16.5. The number of aromatic carboxylic acids is 1. The first kappa shape index (κ1) is 21.0. The minimum atomic E-state index is -1.06. The molecule has 0 aliphatic rings. The molecule has 0 saturated carbocycles. The molecule has 0 fully saturated rings. The van der Waals surface area contributed by atoms with Crippen LogP contribution in [0, 0.1) is 22.7 Å². The Hall–Kier alpha value is -4.04. The molecule has 0 aromatic heterocycles. The molecule has 0 aliphatic heterocycles. The van der Waals surface area contributed by atoms with Gasteiger partial charge < -0.3 is 19.3 Å². The fourth-order valence-electron chi connectivity index (χ4n) is 1.97. The fourth-order valence-corrected chi connectivity index (χ4v) is 1.97. The number of hydrogen-bond acceptors (Lipinski definition) is 7. The Kier molecular flexibility index (Phi) is 7.83. The van der Waals surface area contributed by atoms with Crippen molar-refractivity contribution in [2.24, 2.45) is 0 Å². The number of carboxylic acids is 1. The average molecular weight is 368 g/mol. The molecule has 0 unspecified atom stereocenters. The van der Waals surface area contributed by atoms with Gasteiger partial charge in [0.15, 0.2) is 0 Å². The molecule has 138 valence electrons. The molecule has 1 N–H and O–H groups in total. The molecular weight excluding hydrogens is 352 g/mol. The van der Waals surface area contributed by atoms with Crippen molar-refractivity contribution in [3.05, 3.63) is 58.7 Å². The first-order chi connectivity index (χ1) is 12.9. The van der Waals surface area contributed by atoms with Gasteiger partial charge in [-0.15, -0.1) is 0 Å². The third-order valence-corrected chi connectivity index (χ3v) is 3.31. The van der Waals surface area contributed by atoms with E-state index in [0.717, 1.165) is 0 Å². The number of esters is 1. The fraction of sp³-hybridized carbons (Fsp3) is 0.158. The van der Waals surface area contributed by atoms with Gasteiger partial charge in [-0.2, -0.15) is 10.5 Å². The summed E-state index contributed by atoms with van der Waals surface area (Å²) >= 11 is 0. The molecule has 8 heteroatoms. The zero-order valence-electron chi connectivity index (χ0n) is 14.8. The topological polar surface area (TPSA) is 130 Å². The maximum atomic E-state index is 11.1.